The van der Waals surface area contributed by atoms with Crippen molar-refractivity contribution in [3.8, 4) is 11.4 Å². The van der Waals surface area contributed by atoms with Gasteiger partial charge in [0.15, 0.2) is 5.82 Å². The Kier molecular flexibility index (Phi) is 2.68. The van der Waals surface area contributed by atoms with Gasteiger partial charge in [-0.05, 0) is 19.1 Å². The van der Waals surface area contributed by atoms with Gasteiger partial charge < -0.3 is 5.73 Å². The molecule has 0 atom stereocenters. The van der Waals surface area contributed by atoms with Crippen LogP contribution in [0.2, 0.25) is 0 Å². The zero-order valence-corrected chi connectivity index (χ0v) is 9.82. The van der Waals surface area contributed by atoms with Gasteiger partial charge in [0.05, 0.1) is 0 Å². The summed E-state index contributed by atoms with van der Waals surface area (Å²) in [5.41, 5.74) is 7.50. The Hall–Kier alpha value is -1.42. The number of rotatable bonds is 1. The van der Waals surface area contributed by atoms with Crippen molar-refractivity contribution in [1.82, 2.24) is 9.97 Å². The van der Waals surface area contributed by atoms with Crippen LogP contribution >= 0.6 is 15.9 Å². The molecule has 0 aliphatic rings. The second kappa shape index (κ2) is 3.98. The van der Waals surface area contributed by atoms with Crippen LogP contribution < -0.4 is 5.73 Å². The van der Waals surface area contributed by atoms with E-state index in [1.807, 2.05) is 31.2 Å². The molecule has 0 spiro atoms. The average molecular weight is 264 g/mol. The van der Waals surface area contributed by atoms with E-state index in [-0.39, 0.29) is 0 Å². The van der Waals surface area contributed by atoms with Gasteiger partial charge in [0.1, 0.15) is 5.82 Å². The second-order valence-electron chi connectivity index (χ2n) is 3.27. The fourth-order valence-corrected chi connectivity index (χ4v) is 1.75. The van der Waals surface area contributed by atoms with Gasteiger partial charge in [-0.2, -0.15) is 0 Å². The summed E-state index contributed by atoms with van der Waals surface area (Å²) in [4.78, 5) is 8.52. The maximum atomic E-state index is 5.67. The standard InChI is InChI=1S/C11H10BrN3/c1-7-5-10(13)15-11(14-7)8-3-2-4-9(12)6-8/h2-6H,1H3,(H2,13,14,15). The van der Waals surface area contributed by atoms with E-state index in [9.17, 15) is 0 Å². The predicted octanol–water partition coefficient (Wildman–Crippen LogP) is 2.80. The van der Waals surface area contributed by atoms with Gasteiger partial charge in [0, 0.05) is 21.8 Å². The number of benzene rings is 1. The zero-order chi connectivity index (χ0) is 10.8. The molecular formula is C11H10BrN3. The molecule has 0 unspecified atom stereocenters. The van der Waals surface area contributed by atoms with E-state index in [0.717, 1.165) is 15.7 Å². The lowest BCUT2D eigenvalue weighted by Gasteiger charge is -2.03. The summed E-state index contributed by atoms with van der Waals surface area (Å²) >= 11 is 3.41. The van der Waals surface area contributed by atoms with Crippen molar-refractivity contribution in [2.75, 3.05) is 5.73 Å². The topological polar surface area (TPSA) is 51.8 Å². The lowest BCUT2D eigenvalue weighted by atomic mass is 10.2. The summed E-state index contributed by atoms with van der Waals surface area (Å²) in [7, 11) is 0. The summed E-state index contributed by atoms with van der Waals surface area (Å²) in [6, 6.07) is 9.58. The predicted molar refractivity (Wildman–Crippen MR) is 64.3 cm³/mol. The van der Waals surface area contributed by atoms with Crippen LogP contribution in [0.3, 0.4) is 0 Å². The number of halogens is 1. The molecule has 0 bridgehead atoms. The van der Waals surface area contributed by atoms with Gasteiger partial charge in [0.2, 0.25) is 0 Å². The molecule has 4 heteroatoms. The molecule has 0 saturated carbocycles. The molecule has 0 aliphatic heterocycles. The van der Waals surface area contributed by atoms with Gasteiger partial charge in [-0.1, -0.05) is 28.1 Å². The smallest absolute Gasteiger partial charge is 0.161 e. The number of aromatic nitrogens is 2. The lowest BCUT2D eigenvalue weighted by Crippen LogP contribution is -1.97. The number of nitrogens with two attached hydrogens (primary N) is 1. The van der Waals surface area contributed by atoms with Crippen LogP contribution in [-0.4, -0.2) is 9.97 Å². The van der Waals surface area contributed by atoms with Crippen molar-refractivity contribution < 1.29 is 0 Å². The third kappa shape index (κ3) is 2.33. The van der Waals surface area contributed by atoms with Crippen LogP contribution in [0.1, 0.15) is 5.69 Å². The Morgan fingerprint density at radius 3 is 2.67 bits per heavy atom. The summed E-state index contributed by atoms with van der Waals surface area (Å²) in [5, 5.41) is 0. The molecule has 1 heterocycles. The molecule has 1 aromatic heterocycles. The molecule has 76 valence electrons. The van der Waals surface area contributed by atoms with Gasteiger partial charge in [-0.3, -0.25) is 0 Å². The molecule has 3 nitrogen and oxygen atoms in total. The highest BCUT2D eigenvalue weighted by atomic mass is 79.9. The molecule has 2 aromatic rings. The van der Waals surface area contributed by atoms with E-state index in [2.05, 4.69) is 25.9 Å². The fraction of sp³-hybridized carbons (Fsp3) is 0.0909. The third-order valence-electron chi connectivity index (χ3n) is 1.96. The van der Waals surface area contributed by atoms with Crippen LogP contribution in [0.15, 0.2) is 34.8 Å². The highest BCUT2D eigenvalue weighted by Gasteiger charge is 2.03. The molecule has 0 amide bonds. The molecule has 0 radical (unpaired) electrons. The Labute approximate surface area is 96.5 Å². The van der Waals surface area contributed by atoms with Crippen LogP contribution in [0.4, 0.5) is 5.82 Å². The minimum Gasteiger partial charge on any atom is -0.384 e. The number of aryl methyl sites for hydroxylation is 1. The Morgan fingerprint density at radius 2 is 2.00 bits per heavy atom. The summed E-state index contributed by atoms with van der Waals surface area (Å²) in [5.74, 6) is 1.16. The first-order chi connectivity index (χ1) is 7.15. The molecule has 0 saturated heterocycles. The molecule has 15 heavy (non-hydrogen) atoms. The lowest BCUT2D eigenvalue weighted by molar-refractivity contribution is 1.12. The van der Waals surface area contributed by atoms with Crippen molar-refractivity contribution in [2.45, 2.75) is 6.92 Å². The van der Waals surface area contributed by atoms with E-state index >= 15 is 0 Å². The second-order valence-corrected chi connectivity index (χ2v) is 4.18. The van der Waals surface area contributed by atoms with E-state index < -0.39 is 0 Å². The van der Waals surface area contributed by atoms with Crippen LogP contribution in [0.25, 0.3) is 11.4 Å². The third-order valence-corrected chi connectivity index (χ3v) is 2.45. The monoisotopic (exact) mass is 263 g/mol. The molecule has 0 aliphatic carbocycles. The number of hydrogen-bond acceptors (Lipinski definition) is 3. The van der Waals surface area contributed by atoms with E-state index in [1.54, 1.807) is 6.07 Å². The van der Waals surface area contributed by atoms with Gasteiger partial charge in [-0.15, -0.1) is 0 Å². The van der Waals surface area contributed by atoms with Crippen molar-refractivity contribution in [1.29, 1.82) is 0 Å². The zero-order valence-electron chi connectivity index (χ0n) is 8.24. The van der Waals surface area contributed by atoms with Crippen molar-refractivity contribution in [3.05, 3.63) is 40.5 Å². The van der Waals surface area contributed by atoms with Gasteiger partial charge in [-0.25, -0.2) is 9.97 Å². The largest absolute Gasteiger partial charge is 0.384 e. The number of nitrogen functional groups attached to an aromatic ring is 1. The summed E-state index contributed by atoms with van der Waals surface area (Å²) in [6.07, 6.45) is 0. The minimum absolute atomic E-state index is 0.498. The first-order valence-corrected chi connectivity index (χ1v) is 5.31. The Balaban J connectivity index is 2.54. The maximum absolute atomic E-state index is 5.67. The van der Waals surface area contributed by atoms with E-state index in [0.29, 0.717) is 11.6 Å². The Morgan fingerprint density at radius 1 is 1.20 bits per heavy atom. The van der Waals surface area contributed by atoms with Gasteiger partial charge in [0.25, 0.3) is 0 Å². The van der Waals surface area contributed by atoms with E-state index in [1.165, 1.54) is 0 Å². The van der Waals surface area contributed by atoms with Gasteiger partial charge >= 0.3 is 0 Å². The molecule has 0 fully saturated rings. The molecule has 2 N–H and O–H groups in total. The fourth-order valence-electron chi connectivity index (χ4n) is 1.35. The first kappa shape index (κ1) is 10.1. The average Bonchev–Trinajstić information content (AvgIpc) is 2.16. The SMILES string of the molecule is Cc1cc(N)nc(-c2cccc(Br)c2)n1. The van der Waals surface area contributed by atoms with Crippen molar-refractivity contribution in [2.24, 2.45) is 0 Å². The van der Waals surface area contributed by atoms with Crippen molar-refractivity contribution in [3.63, 3.8) is 0 Å². The van der Waals surface area contributed by atoms with Crippen molar-refractivity contribution >= 4 is 21.7 Å². The van der Waals surface area contributed by atoms with Crippen LogP contribution in [-0.2, 0) is 0 Å². The van der Waals surface area contributed by atoms with E-state index in [4.69, 9.17) is 5.73 Å². The highest BCUT2D eigenvalue weighted by Crippen LogP contribution is 2.20. The number of nitrogens with zero attached hydrogens (tertiary/aromatic N) is 2. The highest BCUT2D eigenvalue weighted by molar-refractivity contribution is 9.10. The summed E-state index contributed by atoms with van der Waals surface area (Å²) in [6.45, 7) is 1.90. The molecular weight excluding hydrogens is 254 g/mol. The Bertz CT molecular complexity index is 477. The number of hydrogen-bond donors (Lipinski definition) is 1. The quantitative estimate of drug-likeness (QED) is 0.861. The molecule has 2 rings (SSSR count). The summed E-state index contributed by atoms with van der Waals surface area (Å²) < 4.78 is 1.00. The van der Waals surface area contributed by atoms with Crippen LogP contribution in [0.5, 0.6) is 0 Å². The van der Waals surface area contributed by atoms with Crippen LogP contribution in [0, 0.1) is 6.92 Å². The first-order valence-electron chi connectivity index (χ1n) is 4.52. The maximum Gasteiger partial charge on any atom is 0.161 e. The minimum atomic E-state index is 0.498. The number of anilines is 1. The molecule has 1 aromatic carbocycles. The normalized spacial score (nSPS) is 10.3.